The Balaban J connectivity index is 2.01. The summed E-state index contributed by atoms with van der Waals surface area (Å²) >= 11 is 0. The molecule has 1 aliphatic rings. The highest BCUT2D eigenvalue weighted by Crippen LogP contribution is 2.11. The SMILES string of the molecule is CNC(=O)CNCC1CCCCO1. The predicted octanol–water partition coefficient (Wildman–Crippen LogP) is -0.109. The molecule has 13 heavy (non-hydrogen) atoms. The van der Waals surface area contributed by atoms with Gasteiger partial charge in [0.05, 0.1) is 12.6 Å². The molecule has 2 N–H and O–H groups in total. The number of carbonyl (C=O) groups is 1. The fourth-order valence-electron chi connectivity index (χ4n) is 1.40. The third-order valence-corrected chi connectivity index (χ3v) is 2.21. The number of amides is 1. The van der Waals surface area contributed by atoms with Gasteiger partial charge in [0.15, 0.2) is 0 Å². The average molecular weight is 186 g/mol. The first-order chi connectivity index (χ1) is 6.33. The maximum Gasteiger partial charge on any atom is 0.233 e. The summed E-state index contributed by atoms with van der Waals surface area (Å²) in [6, 6.07) is 0. The molecule has 1 atom stereocenters. The van der Waals surface area contributed by atoms with E-state index in [1.165, 1.54) is 12.8 Å². The summed E-state index contributed by atoms with van der Waals surface area (Å²) in [5, 5.41) is 5.63. The van der Waals surface area contributed by atoms with Gasteiger partial charge in [0, 0.05) is 20.2 Å². The van der Waals surface area contributed by atoms with Crippen molar-refractivity contribution in [1.29, 1.82) is 0 Å². The molecule has 1 amide bonds. The van der Waals surface area contributed by atoms with E-state index in [0.29, 0.717) is 12.6 Å². The Hall–Kier alpha value is -0.610. The van der Waals surface area contributed by atoms with E-state index in [-0.39, 0.29) is 5.91 Å². The second-order valence-corrected chi connectivity index (χ2v) is 3.29. The molecular weight excluding hydrogens is 168 g/mol. The quantitative estimate of drug-likeness (QED) is 0.644. The van der Waals surface area contributed by atoms with Gasteiger partial charge < -0.3 is 15.4 Å². The third-order valence-electron chi connectivity index (χ3n) is 2.21. The number of hydrogen-bond acceptors (Lipinski definition) is 3. The number of nitrogens with one attached hydrogen (secondary N) is 2. The van der Waals surface area contributed by atoms with Gasteiger partial charge in [0.1, 0.15) is 0 Å². The molecule has 1 rings (SSSR count). The molecular formula is C9H18N2O2. The molecule has 0 spiro atoms. The number of ether oxygens (including phenoxy) is 1. The lowest BCUT2D eigenvalue weighted by Gasteiger charge is -2.22. The molecule has 0 bridgehead atoms. The minimum Gasteiger partial charge on any atom is -0.377 e. The number of rotatable bonds is 4. The molecule has 1 saturated heterocycles. The zero-order valence-corrected chi connectivity index (χ0v) is 8.14. The van der Waals surface area contributed by atoms with Crippen LogP contribution in [0.1, 0.15) is 19.3 Å². The van der Waals surface area contributed by atoms with E-state index in [4.69, 9.17) is 4.74 Å². The normalized spacial score (nSPS) is 22.7. The van der Waals surface area contributed by atoms with E-state index in [1.807, 2.05) is 0 Å². The van der Waals surface area contributed by atoms with Gasteiger partial charge in [-0.1, -0.05) is 0 Å². The highest BCUT2D eigenvalue weighted by Gasteiger charge is 2.13. The zero-order chi connectivity index (χ0) is 9.52. The Morgan fingerprint density at radius 1 is 1.54 bits per heavy atom. The van der Waals surface area contributed by atoms with Crippen LogP contribution in [0.4, 0.5) is 0 Å². The molecule has 1 heterocycles. The highest BCUT2D eigenvalue weighted by molar-refractivity contribution is 5.77. The fraction of sp³-hybridized carbons (Fsp3) is 0.889. The lowest BCUT2D eigenvalue weighted by atomic mass is 10.1. The molecule has 0 radical (unpaired) electrons. The monoisotopic (exact) mass is 186 g/mol. The van der Waals surface area contributed by atoms with E-state index >= 15 is 0 Å². The standard InChI is InChI=1S/C9H18N2O2/c1-10-9(12)7-11-6-8-4-2-3-5-13-8/h8,11H,2-7H2,1H3,(H,10,12). The van der Waals surface area contributed by atoms with Gasteiger partial charge in [-0.05, 0) is 19.3 Å². The van der Waals surface area contributed by atoms with Crippen molar-refractivity contribution < 1.29 is 9.53 Å². The molecule has 1 aliphatic heterocycles. The van der Waals surface area contributed by atoms with E-state index in [0.717, 1.165) is 19.6 Å². The van der Waals surface area contributed by atoms with Gasteiger partial charge in [-0.25, -0.2) is 0 Å². The molecule has 0 aromatic rings. The molecule has 1 unspecified atom stereocenters. The van der Waals surface area contributed by atoms with Crippen molar-refractivity contribution in [3.63, 3.8) is 0 Å². The molecule has 76 valence electrons. The van der Waals surface area contributed by atoms with Gasteiger partial charge in [0.2, 0.25) is 5.91 Å². The van der Waals surface area contributed by atoms with E-state index in [1.54, 1.807) is 7.05 Å². The molecule has 4 heteroatoms. The molecule has 1 fully saturated rings. The largest absolute Gasteiger partial charge is 0.377 e. The Labute approximate surface area is 79.0 Å². The van der Waals surface area contributed by atoms with Crippen LogP contribution in [0.5, 0.6) is 0 Å². The maximum absolute atomic E-state index is 10.8. The van der Waals surface area contributed by atoms with E-state index in [2.05, 4.69) is 10.6 Å². The first kappa shape index (κ1) is 10.5. The van der Waals surface area contributed by atoms with Crippen molar-refractivity contribution in [3.05, 3.63) is 0 Å². The number of carbonyl (C=O) groups excluding carboxylic acids is 1. The first-order valence-corrected chi connectivity index (χ1v) is 4.86. The lowest BCUT2D eigenvalue weighted by molar-refractivity contribution is -0.119. The maximum atomic E-state index is 10.8. The van der Waals surface area contributed by atoms with Crippen molar-refractivity contribution in [3.8, 4) is 0 Å². The Morgan fingerprint density at radius 2 is 2.38 bits per heavy atom. The van der Waals surface area contributed by atoms with Crippen LogP contribution in [0.2, 0.25) is 0 Å². The summed E-state index contributed by atoms with van der Waals surface area (Å²) in [5.74, 6) is 0.0239. The van der Waals surface area contributed by atoms with E-state index in [9.17, 15) is 4.79 Å². The Kier molecular flexibility index (Phi) is 4.78. The highest BCUT2D eigenvalue weighted by atomic mass is 16.5. The van der Waals surface area contributed by atoms with E-state index < -0.39 is 0 Å². The minimum absolute atomic E-state index is 0.0239. The van der Waals surface area contributed by atoms with Gasteiger partial charge in [-0.2, -0.15) is 0 Å². The molecule has 0 aromatic carbocycles. The first-order valence-electron chi connectivity index (χ1n) is 4.86. The van der Waals surface area contributed by atoms with Crippen LogP contribution in [0, 0.1) is 0 Å². The van der Waals surface area contributed by atoms with Crippen LogP contribution in [0.3, 0.4) is 0 Å². The summed E-state index contributed by atoms with van der Waals surface area (Å²) in [5.41, 5.74) is 0. The van der Waals surface area contributed by atoms with Gasteiger partial charge in [-0.3, -0.25) is 4.79 Å². The molecule has 0 aliphatic carbocycles. The Morgan fingerprint density at radius 3 is 3.00 bits per heavy atom. The van der Waals surface area contributed by atoms with Crippen molar-refractivity contribution in [2.24, 2.45) is 0 Å². The van der Waals surface area contributed by atoms with Crippen molar-refractivity contribution in [2.45, 2.75) is 25.4 Å². The zero-order valence-electron chi connectivity index (χ0n) is 8.14. The van der Waals surface area contributed by atoms with Crippen molar-refractivity contribution in [1.82, 2.24) is 10.6 Å². The summed E-state index contributed by atoms with van der Waals surface area (Å²) in [6.07, 6.45) is 3.83. The third kappa shape index (κ3) is 4.24. The van der Waals surface area contributed by atoms with Gasteiger partial charge >= 0.3 is 0 Å². The molecule has 0 aromatic heterocycles. The van der Waals surface area contributed by atoms with Crippen molar-refractivity contribution in [2.75, 3.05) is 26.7 Å². The lowest BCUT2D eigenvalue weighted by Crippen LogP contribution is -2.37. The summed E-state index contributed by atoms with van der Waals surface area (Å²) in [6.45, 7) is 2.04. The van der Waals surface area contributed by atoms with Crippen LogP contribution in [0.25, 0.3) is 0 Å². The molecule has 4 nitrogen and oxygen atoms in total. The summed E-state index contributed by atoms with van der Waals surface area (Å²) < 4.78 is 5.50. The Bertz CT molecular complexity index is 156. The topological polar surface area (TPSA) is 50.4 Å². The summed E-state index contributed by atoms with van der Waals surface area (Å²) in [7, 11) is 1.64. The van der Waals surface area contributed by atoms with Crippen LogP contribution in [-0.2, 0) is 9.53 Å². The second kappa shape index (κ2) is 5.94. The molecule has 0 saturated carbocycles. The second-order valence-electron chi connectivity index (χ2n) is 3.29. The van der Waals surface area contributed by atoms with Gasteiger partial charge in [-0.15, -0.1) is 0 Å². The number of hydrogen-bond donors (Lipinski definition) is 2. The van der Waals surface area contributed by atoms with Crippen LogP contribution in [0.15, 0.2) is 0 Å². The van der Waals surface area contributed by atoms with Crippen molar-refractivity contribution >= 4 is 5.91 Å². The average Bonchev–Trinajstić information content (AvgIpc) is 2.19. The van der Waals surface area contributed by atoms with Crippen LogP contribution < -0.4 is 10.6 Å². The van der Waals surface area contributed by atoms with Crippen LogP contribution in [-0.4, -0.2) is 38.8 Å². The minimum atomic E-state index is 0.0239. The van der Waals surface area contributed by atoms with Crippen LogP contribution >= 0.6 is 0 Å². The fourth-order valence-corrected chi connectivity index (χ4v) is 1.40. The smallest absolute Gasteiger partial charge is 0.233 e. The predicted molar refractivity (Wildman–Crippen MR) is 50.5 cm³/mol. The van der Waals surface area contributed by atoms with Gasteiger partial charge in [0.25, 0.3) is 0 Å². The number of likely N-dealkylation sites (N-methyl/N-ethyl adjacent to an activating group) is 1. The summed E-state index contributed by atoms with van der Waals surface area (Å²) in [4.78, 5) is 10.8.